The molecule has 5 aromatic rings. The summed E-state index contributed by atoms with van der Waals surface area (Å²) in [4.78, 5) is 19.1. The van der Waals surface area contributed by atoms with Gasteiger partial charge in [-0.3, -0.25) is 4.79 Å². The molecular formula is C23H16F3N7O. The second-order valence-electron chi connectivity index (χ2n) is 7.48. The number of nitrogens with zero attached hydrogens (tertiary/aromatic N) is 5. The molecule has 2 heterocycles. The van der Waals surface area contributed by atoms with E-state index in [9.17, 15) is 18.0 Å². The van der Waals surface area contributed by atoms with Gasteiger partial charge in [0.2, 0.25) is 5.82 Å². The fourth-order valence-corrected chi connectivity index (χ4v) is 3.63. The van der Waals surface area contributed by atoms with Crippen LogP contribution in [-0.4, -0.2) is 36.1 Å². The van der Waals surface area contributed by atoms with E-state index >= 15 is 0 Å². The summed E-state index contributed by atoms with van der Waals surface area (Å²) in [5, 5.41) is 14.0. The normalized spacial score (nSPS) is 12.6. The quantitative estimate of drug-likeness (QED) is 0.409. The van der Waals surface area contributed by atoms with Gasteiger partial charge in [-0.25, -0.2) is 9.67 Å². The summed E-state index contributed by atoms with van der Waals surface area (Å²) in [5.74, 6) is -1.44. The van der Waals surface area contributed by atoms with E-state index < -0.39 is 18.0 Å². The van der Waals surface area contributed by atoms with Crippen molar-refractivity contribution in [2.45, 2.75) is 12.2 Å². The van der Waals surface area contributed by atoms with Crippen molar-refractivity contribution in [2.24, 2.45) is 0 Å². The van der Waals surface area contributed by atoms with Crippen LogP contribution >= 0.6 is 0 Å². The molecule has 0 saturated heterocycles. The van der Waals surface area contributed by atoms with Crippen molar-refractivity contribution in [3.05, 3.63) is 102 Å². The third-order valence-electron chi connectivity index (χ3n) is 5.24. The van der Waals surface area contributed by atoms with Gasteiger partial charge in [0.05, 0.1) is 22.8 Å². The number of fused-ring (bicyclic) bond motifs is 1. The SMILES string of the molecule is O=C(NC(c1ccccc1)c1ccc2nc(C(F)(F)F)[nH]c2c1)c1cccc(-n2cnnn2)c1. The van der Waals surface area contributed by atoms with Crippen molar-refractivity contribution in [1.29, 1.82) is 0 Å². The van der Waals surface area contributed by atoms with Crippen molar-refractivity contribution >= 4 is 16.9 Å². The van der Waals surface area contributed by atoms with E-state index in [1.807, 2.05) is 30.3 Å². The van der Waals surface area contributed by atoms with Crippen LogP contribution in [0, 0.1) is 0 Å². The van der Waals surface area contributed by atoms with E-state index in [0.717, 1.165) is 5.56 Å². The number of aromatic amines is 1. The Bertz CT molecular complexity index is 1450. The van der Waals surface area contributed by atoms with Crippen LogP contribution < -0.4 is 5.32 Å². The number of amides is 1. The van der Waals surface area contributed by atoms with Gasteiger partial charge in [0.25, 0.3) is 5.91 Å². The van der Waals surface area contributed by atoms with E-state index in [-0.39, 0.29) is 16.9 Å². The molecule has 0 radical (unpaired) electrons. The average Bonchev–Trinajstić information content (AvgIpc) is 3.53. The number of imidazole rings is 1. The molecule has 0 aliphatic rings. The number of aromatic nitrogens is 6. The number of nitrogens with one attached hydrogen (secondary N) is 2. The molecule has 3 aromatic carbocycles. The van der Waals surface area contributed by atoms with Crippen LogP contribution in [0.15, 0.2) is 79.1 Å². The molecule has 1 unspecified atom stereocenters. The van der Waals surface area contributed by atoms with Gasteiger partial charge in [0.1, 0.15) is 6.33 Å². The number of rotatable bonds is 5. The highest BCUT2D eigenvalue weighted by Crippen LogP contribution is 2.30. The first-order chi connectivity index (χ1) is 16.4. The molecule has 0 aliphatic carbocycles. The average molecular weight is 463 g/mol. The van der Waals surface area contributed by atoms with E-state index in [1.54, 1.807) is 36.4 Å². The molecule has 0 aliphatic heterocycles. The zero-order chi connectivity index (χ0) is 23.7. The highest BCUT2D eigenvalue weighted by atomic mass is 19.4. The maximum atomic E-state index is 13.2. The zero-order valence-electron chi connectivity index (χ0n) is 17.4. The molecular weight excluding hydrogens is 447 g/mol. The third-order valence-corrected chi connectivity index (χ3v) is 5.24. The number of tetrazole rings is 1. The van der Waals surface area contributed by atoms with Crippen molar-refractivity contribution in [2.75, 3.05) is 0 Å². The Balaban J connectivity index is 1.50. The summed E-state index contributed by atoms with van der Waals surface area (Å²) < 4.78 is 40.7. The van der Waals surface area contributed by atoms with Crippen molar-refractivity contribution in [3.63, 3.8) is 0 Å². The standard InChI is InChI=1S/C23H16F3N7O/c24-23(25,26)22-28-18-10-9-15(12-19(18)29-22)20(14-5-2-1-3-6-14)30-21(34)16-7-4-8-17(11-16)33-13-27-31-32-33/h1-13,20H,(H,28,29)(H,30,34). The monoisotopic (exact) mass is 463 g/mol. The Labute approximate surface area is 190 Å². The molecule has 8 nitrogen and oxygen atoms in total. The van der Waals surface area contributed by atoms with Gasteiger partial charge >= 0.3 is 6.18 Å². The summed E-state index contributed by atoms with van der Waals surface area (Å²) in [6.07, 6.45) is -3.17. The first-order valence-corrected chi connectivity index (χ1v) is 10.1. The Morgan fingerprint density at radius 1 is 0.971 bits per heavy atom. The van der Waals surface area contributed by atoms with E-state index in [2.05, 4.69) is 30.8 Å². The number of alkyl halides is 3. The topological polar surface area (TPSA) is 101 Å². The lowest BCUT2D eigenvalue weighted by Crippen LogP contribution is -2.29. The lowest BCUT2D eigenvalue weighted by Gasteiger charge is -2.20. The fraction of sp³-hybridized carbons (Fsp3) is 0.0870. The molecule has 0 bridgehead atoms. The molecule has 5 rings (SSSR count). The highest BCUT2D eigenvalue weighted by Gasteiger charge is 2.34. The summed E-state index contributed by atoms with van der Waals surface area (Å²) in [7, 11) is 0. The maximum Gasteiger partial charge on any atom is 0.449 e. The molecule has 0 saturated carbocycles. The Kier molecular flexibility index (Phi) is 5.28. The molecule has 1 amide bonds. The molecule has 2 N–H and O–H groups in total. The second kappa shape index (κ2) is 8.43. The molecule has 34 heavy (non-hydrogen) atoms. The minimum absolute atomic E-state index is 0.184. The molecule has 11 heteroatoms. The van der Waals surface area contributed by atoms with Crippen molar-refractivity contribution < 1.29 is 18.0 Å². The Morgan fingerprint density at radius 2 is 1.79 bits per heavy atom. The number of carbonyl (C=O) groups excluding carboxylic acids is 1. The van der Waals surface area contributed by atoms with Gasteiger partial charge in [-0.05, 0) is 51.9 Å². The van der Waals surface area contributed by atoms with Crippen LogP contribution in [0.3, 0.4) is 0 Å². The second-order valence-corrected chi connectivity index (χ2v) is 7.48. The third kappa shape index (κ3) is 4.22. The first kappa shape index (κ1) is 21.3. The summed E-state index contributed by atoms with van der Waals surface area (Å²) in [6, 6.07) is 20.0. The van der Waals surface area contributed by atoms with Gasteiger partial charge in [0, 0.05) is 5.56 Å². The minimum Gasteiger partial charge on any atom is -0.341 e. The largest absolute Gasteiger partial charge is 0.449 e. The van der Waals surface area contributed by atoms with Crippen LogP contribution in [0.5, 0.6) is 0 Å². The summed E-state index contributed by atoms with van der Waals surface area (Å²) >= 11 is 0. The predicted molar refractivity (Wildman–Crippen MR) is 116 cm³/mol. The summed E-state index contributed by atoms with van der Waals surface area (Å²) in [6.45, 7) is 0. The van der Waals surface area contributed by atoms with Crippen LogP contribution in [0.2, 0.25) is 0 Å². The number of carbonyl (C=O) groups is 1. The highest BCUT2D eigenvalue weighted by molar-refractivity contribution is 5.95. The molecule has 170 valence electrons. The van der Waals surface area contributed by atoms with Crippen molar-refractivity contribution in [1.82, 2.24) is 35.5 Å². The molecule has 1 atom stereocenters. The van der Waals surface area contributed by atoms with Crippen LogP contribution in [-0.2, 0) is 6.18 Å². The summed E-state index contributed by atoms with van der Waals surface area (Å²) in [5.41, 5.74) is 2.75. The lowest BCUT2D eigenvalue weighted by molar-refractivity contribution is -0.144. The van der Waals surface area contributed by atoms with Crippen molar-refractivity contribution in [3.8, 4) is 5.69 Å². The van der Waals surface area contributed by atoms with E-state index in [4.69, 9.17) is 0 Å². The maximum absolute atomic E-state index is 13.2. The number of hydrogen-bond acceptors (Lipinski definition) is 5. The number of halogens is 3. The van der Waals surface area contributed by atoms with Crippen LogP contribution in [0.25, 0.3) is 16.7 Å². The van der Waals surface area contributed by atoms with Crippen LogP contribution in [0.4, 0.5) is 13.2 Å². The van der Waals surface area contributed by atoms with Crippen LogP contribution in [0.1, 0.15) is 33.4 Å². The van der Waals surface area contributed by atoms with Gasteiger partial charge in [-0.15, -0.1) is 5.10 Å². The minimum atomic E-state index is -4.59. The van der Waals surface area contributed by atoms with E-state index in [1.165, 1.54) is 17.1 Å². The van der Waals surface area contributed by atoms with Gasteiger partial charge in [-0.2, -0.15) is 13.2 Å². The van der Waals surface area contributed by atoms with E-state index in [0.29, 0.717) is 16.8 Å². The fourth-order valence-electron chi connectivity index (χ4n) is 3.63. The molecule has 0 spiro atoms. The number of hydrogen-bond donors (Lipinski definition) is 2. The lowest BCUT2D eigenvalue weighted by atomic mass is 9.97. The van der Waals surface area contributed by atoms with Gasteiger partial charge in [0.15, 0.2) is 0 Å². The number of H-pyrrole nitrogens is 1. The Hall–Kier alpha value is -4.54. The first-order valence-electron chi connectivity index (χ1n) is 10.1. The zero-order valence-corrected chi connectivity index (χ0v) is 17.4. The van der Waals surface area contributed by atoms with Gasteiger partial charge < -0.3 is 10.3 Å². The van der Waals surface area contributed by atoms with Gasteiger partial charge in [-0.1, -0.05) is 42.5 Å². The molecule has 0 fully saturated rings. The number of benzene rings is 3. The molecule has 2 aromatic heterocycles. The Morgan fingerprint density at radius 3 is 2.53 bits per heavy atom. The smallest absolute Gasteiger partial charge is 0.341 e. The predicted octanol–water partition coefficient (Wildman–Crippen LogP) is 4.08.